The number of nitrogens with zero attached hydrogens (tertiary/aromatic N) is 1. The summed E-state index contributed by atoms with van der Waals surface area (Å²) in [4.78, 5) is 14.4. The molecule has 1 aliphatic carbocycles. The molecule has 1 saturated carbocycles. The summed E-state index contributed by atoms with van der Waals surface area (Å²) in [5.41, 5.74) is 1.12. The number of benzene rings is 1. The van der Waals surface area contributed by atoms with Crippen molar-refractivity contribution < 1.29 is 9.53 Å². The first-order chi connectivity index (χ1) is 10.2. The van der Waals surface area contributed by atoms with Gasteiger partial charge in [0.1, 0.15) is 18.5 Å². The molecule has 1 heterocycles. The molecule has 2 unspecified atom stereocenters. The standard InChI is InChI=1S/C17H22N2O2/c1-3-11-21-15-9-7-13(8-10-15)16-18-12(2)17(20)19(16)14-5-4-6-14/h3,7-10,12,14,16,18H,1,4-6,11H2,2H3. The first kappa shape index (κ1) is 14.1. The summed E-state index contributed by atoms with van der Waals surface area (Å²) < 4.78 is 5.50. The molecule has 1 N–H and O–H groups in total. The lowest BCUT2D eigenvalue weighted by atomic mass is 9.90. The van der Waals surface area contributed by atoms with E-state index in [4.69, 9.17) is 4.74 Å². The van der Waals surface area contributed by atoms with E-state index in [1.807, 2.05) is 36.1 Å². The van der Waals surface area contributed by atoms with Crippen LogP contribution in [0.1, 0.15) is 37.9 Å². The molecule has 0 radical (unpaired) electrons. The first-order valence-corrected chi connectivity index (χ1v) is 7.62. The van der Waals surface area contributed by atoms with Gasteiger partial charge in [0, 0.05) is 6.04 Å². The van der Waals surface area contributed by atoms with Crippen LogP contribution in [0.25, 0.3) is 0 Å². The highest BCUT2D eigenvalue weighted by Crippen LogP contribution is 2.35. The second-order valence-electron chi connectivity index (χ2n) is 5.79. The molecule has 0 bridgehead atoms. The van der Waals surface area contributed by atoms with E-state index in [1.165, 1.54) is 6.42 Å². The van der Waals surface area contributed by atoms with Crippen LogP contribution in [-0.4, -0.2) is 29.5 Å². The van der Waals surface area contributed by atoms with Crippen LogP contribution in [-0.2, 0) is 4.79 Å². The van der Waals surface area contributed by atoms with Crippen molar-refractivity contribution in [3.63, 3.8) is 0 Å². The number of rotatable bonds is 5. The molecule has 2 fully saturated rings. The van der Waals surface area contributed by atoms with Crippen molar-refractivity contribution >= 4 is 5.91 Å². The van der Waals surface area contributed by atoms with Crippen LogP contribution >= 0.6 is 0 Å². The summed E-state index contributed by atoms with van der Waals surface area (Å²) in [7, 11) is 0. The van der Waals surface area contributed by atoms with Crippen molar-refractivity contribution in [3.05, 3.63) is 42.5 Å². The highest BCUT2D eigenvalue weighted by molar-refractivity contribution is 5.84. The highest BCUT2D eigenvalue weighted by Gasteiger charge is 2.42. The third-order valence-corrected chi connectivity index (χ3v) is 4.34. The van der Waals surface area contributed by atoms with Gasteiger partial charge in [0.2, 0.25) is 5.91 Å². The zero-order valence-electron chi connectivity index (χ0n) is 12.4. The molecule has 4 nitrogen and oxygen atoms in total. The van der Waals surface area contributed by atoms with Gasteiger partial charge in [-0.3, -0.25) is 10.1 Å². The molecule has 4 heteroatoms. The minimum atomic E-state index is -0.104. The fourth-order valence-corrected chi connectivity index (χ4v) is 2.95. The number of nitrogens with one attached hydrogen (secondary N) is 1. The van der Waals surface area contributed by atoms with E-state index < -0.39 is 0 Å². The third kappa shape index (κ3) is 2.68. The van der Waals surface area contributed by atoms with E-state index in [0.29, 0.717) is 12.6 Å². The van der Waals surface area contributed by atoms with E-state index in [0.717, 1.165) is 24.2 Å². The number of ether oxygens (including phenoxy) is 1. The van der Waals surface area contributed by atoms with E-state index in [9.17, 15) is 4.79 Å². The Kier molecular flexibility index (Phi) is 3.97. The van der Waals surface area contributed by atoms with Crippen LogP contribution in [0, 0.1) is 0 Å². The summed E-state index contributed by atoms with van der Waals surface area (Å²) in [5, 5.41) is 3.40. The van der Waals surface area contributed by atoms with Gasteiger partial charge in [-0.1, -0.05) is 24.8 Å². The Bertz CT molecular complexity index is 522. The van der Waals surface area contributed by atoms with Crippen molar-refractivity contribution in [1.82, 2.24) is 10.2 Å². The summed E-state index contributed by atoms with van der Waals surface area (Å²) in [6.07, 6.45) is 5.19. The van der Waals surface area contributed by atoms with E-state index in [-0.39, 0.29) is 18.1 Å². The Morgan fingerprint density at radius 3 is 2.67 bits per heavy atom. The van der Waals surface area contributed by atoms with Crippen LogP contribution in [0.5, 0.6) is 5.75 Å². The van der Waals surface area contributed by atoms with E-state index >= 15 is 0 Å². The molecule has 21 heavy (non-hydrogen) atoms. The molecule has 0 spiro atoms. The Balaban J connectivity index is 1.77. The first-order valence-electron chi connectivity index (χ1n) is 7.62. The predicted molar refractivity (Wildman–Crippen MR) is 82.0 cm³/mol. The summed E-state index contributed by atoms with van der Waals surface area (Å²) in [5.74, 6) is 1.04. The zero-order valence-corrected chi connectivity index (χ0v) is 12.4. The molecule has 3 rings (SSSR count). The molecule has 1 saturated heterocycles. The van der Waals surface area contributed by atoms with Crippen LogP contribution in [0.15, 0.2) is 36.9 Å². The van der Waals surface area contributed by atoms with Crippen LogP contribution in [0.3, 0.4) is 0 Å². The number of carbonyl (C=O) groups excluding carboxylic acids is 1. The molecule has 2 aliphatic rings. The van der Waals surface area contributed by atoms with Gasteiger partial charge in [-0.25, -0.2) is 0 Å². The lowest BCUT2D eigenvalue weighted by Crippen LogP contribution is -2.43. The van der Waals surface area contributed by atoms with Gasteiger partial charge in [0.05, 0.1) is 6.04 Å². The van der Waals surface area contributed by atoms with Gasteiger partial charge in [-0.2, -0.15) is 0 Å². The molecule has 1 aromatic rings. The Labute approximate surface area is 125 Å². The van der Waals surface area contributed by atoms with Gasteiger partial charge in [-0.15, -0.1) is 0 Å². The highest BCUT2D eigenvalue weighted by atomic mass is 16.5. The van der Waals surface area contributed by atoms with Crippen LogP contribution in [0.4, 0.5) is 0 Å². The van der Waals surface area contributed by atoms with Crippen LogP contribution in [0.2, 0.25) is 0 Å². The Morgan fingerprint density at radius 2 is 2.10 bits per heavy atom. The molecule has 2 atom stereocenters. The predicted octanol–water partition coefficient (Wildman–Crippen LogP) is 2.62. The van der Waals surface area contributed by atoms with E-state index in [1.54, 1.807) is 6.08 Å². The van der Waals surface area contributed by atoms with Crippen molar-refractivity contribution in [3.8, 4) is 5.75 Å². The van der Waals surface area contributed by atoms with Crippen molar-refractivity contribution in [2.75, 3.05) is 6.61 Å². The maximum Gasteiger partial charge on any atom is 0.241 e. The molecule has 1 amide bonds. The van der Waals surface area contributed by atoms with Gasteiger partial charge in [0.25, 0.3) is 0 Å². The number of hydrogen-bond acceptors (Lipinski definition) is 3. The average molecular weight is 286 g/mol. The van der Waals surface area contributed by atoms with Crippen molar-refractivity contribution in [1.29, 1.82) is 0 Å². The maximum absolute atomic E-state index is 12.4. The van der Waals surface area contributed by atoms with Gasteiger partial charge in [-0.05, 0) is 43.9 Å². The minimum absolute atomic E-state index is 0.00810. The monoisotopic (exact) mass is 286 g/mol. The normalized spacial score (nSPS) is 25.8. The molecule has 1 aromatic carbocycles. The SMILES string of the molecule is C=CCOc1ccc(C2NC(C)C(=O)N2C2CCC2)cc1. The topological polar surface area (TPSA) is 41.6 Å². The summed E-state index contributed by atoms with van der Waals surface area (Å²) in [6.45, 7) is 6.08. The summed E-state index contributed by atoms with van der Waals surface area (Å²) >= 11 is 0. The second kappa shape index (κ2) is 5.90. The van der Waals surface area contributed by atoms with Gasteiger partial charge < -0.3 is 9.64 Å². The summed E-state index contributed by atoms with van der Waals surface area (Å²) in [6, 6.07) is 8.27. The molecule has 0 aromatic heterocycles. The third-order valence-electron chi connectivity index (χ3n) is 4.34. The maximum atomic E-state index is 12.4. The fraction of sp³-hybridized carbons (Fsp3) is 0.471. The minimum Gasteiger partial charge on any atom is -0.490 e. The van der Waals surface area contributed by atoms with Crippen molar-refractivity contribution in [2.45, 2.75) is 44.4 Å². The molecular formula is C17H22N2O2. The quantitative estimate of drug-likeness (QED) is 0.846. The van der Waals surface area contributed by atoms with Crippen molar-refractivity contribution in [2.24, 2.45) is 0 Å². The number of carbonyl (C=O) groups is 1. The Hall–Kier alpha value is -1.81. The second-order valence-corrected chi connectivity index (χ2v) is 5.79. The largest absolute Gasteiger partial charge is 0.490 e. The molecule has 112 valence electrons. The molecular weight excluding hydrogens is 264 g/mol. The smallest absolute Gasteiger partial charge is 0.241 e. The lowest BCUT2D eigenvalue weighted by Gasteiger charge is -2.38. The Morgan fingerprint density at radius 1 is 1.38 bits per heavy atom. The number of hydrogen-bond donors (Lipinski definition) is 1. The fourth-order valence-electron chi connectivity index (χ4n) is 2.95. The van der Waals surface area contributed by atoms with Gasteiger partial charge in [0.15, 0.2) is 0 Å². The lowest BCUT2D eigenvalue weighted by molar-refractivity contribution is -0.133. The van der Waals surface area contributed by atoms with Crippen LogP contribution < -0.4 is 10.1 Å². The average Bonchev–Trinajstić information content (AvgIpc) is 2.73. The zero-order chi connectivity index (χ0) is 14.8. The molecule has 1 aliphatic heterocycles. The van der Waals surface area contributed by atoms with Gasteiger partial charge >= 0.3 is 0 Å². The number of amides is 1. The van der Waals surface area contributed by atoms with E-state index in [2.05, 4.69) is 11.9 Å².